The maximum Gasteiger partial charge on any atom is 0.228 e. The van der Waals surface area contributed by atoms with E-state index in [0.29, 0.717) is 63.5 Å². The van der Waals surface area contributed by atoms with Crippen molar-refractivity contribution in [2.24, 2.45) is 0 Å². The lowest BCUT2D eigenvalue weighted by molar-refractivity contribution is -0.121. The van der Waals surface area contributed by atoms with Crippen molar-refractivity contribution in [2.75, 3.05) is 33.0 Å². The van der Waals surface area contributed by atoms with E-state index in [9.17, 15) is 13.2 Å². The molecule has 30 heavy (non-hydrogen) atoms. The number of aromatic nitrogens is 2. The number of nitrogens with one attached hydrogen (secondary N) is 1. The van der Waals surface area contributed by atoms with Crippen molar-refractivity contribution in [3.05, 3.63) is 41.5 Å². The minimum absolute atomic E-state index is 0.0290. The van der Waals surface area contributed by atoms with E-state index < -0.39 is 10.0 Å². The van der Waals surface area contributed by atoms with Gasteiger partial charge in [-0.25, -0.2) is 12.7 Å². The Kier molecular flexibility index (Phi) is 7.43. The Hall–Kier alpha value is -2.46. The zero-order valence-electron chi connectivity index (χ0n) is 17.3. The summed E-state index contributed by atoms with van der Waals surface area (Å²) in [5.74, 6) is 1.95. The summed E-state index contributed by atoms with van der Waals surface area (Å²) in [5.41, 5.74) is 1.08. The van der Waals surface area contributed by atoms with E-state index >= 15 is 0 Å². The summed E-state index contributed by atoms with van der Waals surface area (Å²) >= 11 is 0. The number of hydrogen-bond acceptors (Lipinski definition) is 7. The number of carbonyl (C=O) groups excluding carboxylic acids is 1. The molecule has 0 unspecified atom stereocenters. The standard InChI is InChI=1S/C20H28N4O5S/c1-28-17-6-3-15(4-7-17)5-8-18(25)21-12-9-19-22-20(23-29-19)16-10-13-24(14-11-16)30(2,26)27/h3-4,6-7,16H,5,8-14H2,1-2H3,(H,21,25). The molecule has 0 saturated carbocycles. The van der Waals surface area contributed by atoms with Crippen LogP contribution in [-0.4, -0.2) is 61.8 Å². The number of benzene rings is 1. The number of aryl methyl sites for hydroxylation is 1. The van der Waals surface area contributed by atoms with Crippen LogP contribution in [0.3, 0.4) is 0 Å². The van der Waals surface area contributed by atoms with Gasteiger partial charge in [0.1, 0.15) is 5.75 Å². The van der Waals surface area contributed by atoms with Gasteiger partial charge in [-0.15, -0.1) is 0 Å². The van der Waals surface area contributed by atoms with Crippen molar-refractivity contribution in [2.45, 2.75) is 38.0 Å². The van der Waals surface area contributed by atoms with Gasteiger partial charge in [-0.3, -0.25) is 4.79 Å². The van der Waals surface area contributed by atoms with E-state index in [1.807, 2.05) is 24.3 Å². The third kappa shape index (κ3) is 6.27. The Morgan fingerprint density at radius 1 is 1.23 bits per heavy atom. The van der Waals surface area contributed by atoms with E-state index in [2.05, 4.69) is 15.5 Å². The number of ether oxygens (including phenoxy) is 1. The third-order valence-electron chi connectivity index (χ3n) is 5.23. The predicted octanol–water partition coefficient (Wildman–Crippen LogP) is 1.51. The molecular formula is C20H28N4O5S. The van der Waals surface area contributed by atoms with Crippen molar-refractivity contribution in [1.29, 1.82) is 0 Å². The predicted molar refractivity (Wildman–Crippen MR) is 111 cm³/mol. The highest BCUT2D eigenvalue weighted by Gasteiger charge is 2.28. The number of amides is 1. The van der Waals surface area contributed by atoms with Crippen molar-refractivity contribution in [1.82, 2.24) is 19.8 Å². The normalized spacial score (nSPS) is 15.8. The topological polar surface area (TPSA) is 115 Å². The van der Waals surface area contributed by atoms with Gasteiger partial charge in [0.2, 0.25) is 21.8 Å². The lowest BCUT2D eigenvalue weighted by Gasteiger charge is -2.28. The van der Waals surface area contributed by atoms with Crippen molar-refractivity contribution in [3.63, 3.8) is 0 Å². The molecule has 1 aromatic heterocycles. The second-order valence-corrected chi connectivity index (χ2v) is 9.41. The van der Waals surface area contributed by atoms with Crippen LogP contribution in [-0.2, 0) is 27.7 Å². The van der Waals surface area contributed by atoms with E-state index in [0.717, 1.165) is 11.3 Å². The first kappa shape index (κ1) is 22.2. The first-order chi connectivity index (χ1) is 14.3. The van der Waals surface area contributed by atoms with Crippen LogP contribution in [0.4, 0.5) is 0 Å². The Morgan fingerprint density at radius 3 is 2.57 bits per heavy atom. The molecule has 3 rings (SSSR count). The smallest absolute Gasteiger partial charge is 0.228 e. The van der Waals surface area contributed by atoms with E-state index in [-0.39, 0.29) is 11.8 Å². The number of sulfonamides is 1. The molecule has 1 amide bonds. The highest BCUT2D eigenvalue weighted by molar-refractivity contribution is 7.88. The fourth-order valence-electron chi connectivity index (χ4n) is 3.43. The number of nitrogens with zero attached hydrogens (tertiary/aromatic N) is 3. The van der Waals surface area contributed by atoms with Crippen LogP contribution in [0.25, 0.3) is 0 Å². The average Bonchev–Trinajstić information content (AvgIpc) is 3.21. The molecule has 2 aromatic rings. The zero-order valence-corrected chi connectivity index (χ0v) is 18.2. The van der Waals surface area contributed by atoms with Crippen LogP contribution in [0.2, 0.25) is 0 Å². The second-order valence-electron chi connectivity index (χ2n) is 7.43. The van der Waals surface area contributed by atoms with Crippen LogP contribution in [0.15, 0.2) is 28.8 Å². The Labute approximate surface area is 176 Å². The van der Waals surface area contributed by atoms with E-state index in [1.54, 1.807) is 7.11 Å². The van der Waals surface area contributed by atoms with Crippen molar-refractivity contribution in [3.8, 4) is 5.75 Å². The lowest BCUT2D eigenvalue weighted by Crippen LogP contribution is -2.37. The van der Waals surface area contributed by atoms with Crippen LogP contribution < -0.4 is 10.1 Å². The van der Waals surface area contributed by atoms with E-state index in [1.165, 1.54) is 10.6 Å². The minimum atomic E-state index is -3.15. The molecule has 0 spiro atoms. The van der Waals surface area contributed by atoms with Gasteiger partial charge in [-0.1, -0.05) is 17.3 Å². The fourth-order valence-corrected chi connectivity index (χ4v) is 4.30. The summed E-state index contributed by atoms with van der Waals surface area (Å²) in [6.45, 7) is 1.37. The SMILES string of the molecule is COc1ccc(CCC(=O)NCCc2nc(C3CCN(S(C)(=O)=O)CC3)no2)cc1. The Bertz CT molecular complexity index is 934. The molecule has 2 heterocycles. The number of rotatable bonds is 9. The summed E-state index contributed by atoms with van der Waals surface area (Å²) in [6.07, 6.45) is 4.10. The summed E-state index contributed by atoms with van der Waals surface area (Å²) < 4.78 is 35.1. The van der Waals surface area contributed by atoms with Crippen molar-refractivity contribution >= 4 is 15.9 Å². The maximum absolute atomic E-state index is 12.0. The van der Waals surface area contributed by atoms with Gasteiger partial charge in [0.15, 0.2) is 5.82 Å². The fraction of sp³-hybridized carbons (Fsp3) is 0.550. The Morgan fingerprint density at radius 2 is 1.93 bits per heavy atom. The monoisotopic (exact) mass is 436 g/mol. The maximum atomic E-state index is 12.0. The highest BCUT2D eigenvalue weighted by atomic mass is 32.2. The van der Waals surface area contributed by atoms with Gasteiger partial charge in [0, 0.05) is 38.4 Å². The largest absolute Gasteiger partial charge is 0.497 e. The third-order valence-corrected chi connectivity index (χ3v) is 6.54. The van der Waals surface area contributed by atoms with Gasteiger partial charge >= 0.3 is 0 Å². The minimum Gasteiger partial charge on any atom is -0.497 e. The summed E-state index contributed by atoms with van der Waals surface area (Å²) in [5, 5.41) is 6.91. The summed E-state index contributed by atoms with van der Waals surface area (Å²) in [6, 6.07) is 7.66. The van der Waals surface area contributed by atoms with Gasteiger partial charge in [-0.05, 0) is 37.0 Å². The number of carbonyl (C=O) groups is 1. The molecule has 0 aliphatic carbocycles. The molecular weight excluding hydrogens is 408 g/mol. The second kappa shape index (κ2) is 10.0. The molecule has 0 bridgehead atoms. The highest BCUT2D eigenvalue weighted by Crippen LogP contribution is 2.27. The van der Waals surface area contributed by atoms with Crippen LogP contribution in [0.5, 0.6) is 5.75 Å². The lowest BCUT2D eigenvalue weighted by atomic mass is 9.97. The first-order valence-corrected chi connectivity index (χ1v) is 11.9. The molecule has 9 nitrogen and oxygen atoms in total. The molecule has 1 fully saturated rings. The average molecular weight is 437 g/mol. The van der Waals surface area contributed by atoms with Gasteiger partial charge < -0.3 is 14.6 Å². The quantitative estimate of drug-likeness (QED) is 0.633. The molecule has 1 saturated heterocycles. The summed E-state index contributed by atoms with van der Waals surface area (Å²) in [7, 11) is -1.53. The zero-order chi connectivity index (χ0) is 21.6. The molecule has 0 radical (unpaired) electrons. The van der Waals surface area contributed by atoms with Crippen LogP contribution in [0.1, 0.15) is 42.5 Å². The van der Waals surface area contributed by atoms with E-state index in [4.69, 9.17) is 9.26 Å². The molecule has 10 heteroatoms. The van der Waals surface area contributed by atoms with Crippen LogP contribution >= 0.6 is 0 Å². The molecule has 0 atom stereocenters. The molecule has 1 aliphatic rings. The number of methoxy groups -OCH3 is 1. The molecule has 164 valence electrons. The number of piperidine rings is 1. The van der Waals surface area contributed by atoms with Gasteiger partial charge in [0.05, 0.1) is 13.4 Å². The van der Waals surface area contributed by atoms with Gasteiger partial charge in [0.25, 0.3) is 0 Å². The molecule has 1 N–H and O–H groups in total. The van der Waals surface area contributed by atoms with Crippen molar-refractivity contribution < 1.29 is 22.5 Å². The summed E-state index contributed by atoms with van der Waals surface area (Å²) in [4.78, 5) is 16.5. The Balaban J connectivity index is 1.37. The van der Waals surface area contributed by atoms with Crippen LogP contribution in [0, 0.1) is 0 Å². The molecule has 1 aromatic carbocycles. The first-order valence-electron chi connectivity index (χ1n) is 10.0. The molecule has 1 aliphatic heterocycles. The number of hydrogen-bond donors (Lipinski definition) is 1. The van der Waals surface area contributed by atoms with Gasteiger partial charge in [-0.2, -0.15) is 4.98 Å².